The third-order valence-electron chi connectivity index (χ3n) is 2.03. The summed E-state index contributed by atoms with van der Waals surface area (Å²) in [5.41, 5.74) is 0.505. The summed E-state index contributed by atoms with van der Waals surface area (Å²) >= 11 is 0. The Labute approximate surface area is 89.3 Å². The first-order chi connectivity index (χ1) is 7.47. The van der Waals surface area contributed by atoms with E-state index in [2.05, 4.69) is 15.2 Å². The van der Waals surface area contributed by atoms with Crippen LogP contribution in [-0.2, 0) is 6.18 Å². The van der Waals surface area contributed by atoms with E-state index in [0.717, 1.165) is 11.8 Å². The van der Waals surface area contributed by atoms with E-state index in [-0.39, 0.29) is 5.69 Å². The van der Waals surface area contributed by atoms with Gasteiger partial charge in [-0.25, -0.2) is 0 Å². The second-order valence-electron chi connectivity index (χ2n) is 3.33. The van der Waals surface area contributed by atoms with Gasteiger partial charge in [-0.05, 0) is 25.1 Å². The highest BCUT2D eigenvalue weighted by Crippen LogP contribution is 2.29. The highest BCUT2D eigenvalue weighted by molar-refractivity contribution is 5.54. The molecule has 0 atom stereocenters. The van der Waals surface area contributed by atoms with Gasteiger partial charge in [0.15, 0.2) is 5.69 Å². The summed E-state index contributed by atoms with van der Waals surface area (Å²) in [7, 11) is 0. The quantitative estimate of drug-likeness (QED) is 0.813. The molecule has 0 saturated carbocycles. The highest BCUT2D eigenvalue weighted by atomic mass is 19.4. The van der Waals surface area contributed by atoms with Crippen LogP contribution < -0.4 is 0 Å². The second-order valence-corrected chi connectivity index (χ2v) is 3.33. The predicted molar refractivity (Wildman–Crippen MR) is 51.6 cm³/mol. The number of aryl methyl sites for hydroxylation is 1. The van der Waals surface area contributed by atoms with E-state index in [4.69, 9.17) is 0 Å². The lowest BCUT2D eigenvalue weighted by atomic mass is 10.2. The van der Waals surface area contributed by atoms with E-state index in [0.29, 0.717) is 5.69 Å². The molecule has 0 aliphatic rings. The Morgan fingerprint density at radius 1 is 1.25 bits per heavy atom. The first kappa shape index (κ1) is 10.7. The number of halogens is 3. The maximum atomic E-state index is 12.3. The Morgan fingerprint density at radius 3 is 2.56 bits per heavy atom. The van der Waals surface area contributed by atoms with Gasteiger partial charge in [-0.1, -0.05) is 6.07 Å². The molecule has 0 aliphatic carbocycles. The van der Waals surface area contributed by atoms with E-state index in [1.54, 1.807) is 25.1 Å². The molecule has 2 aromatic rings. The fourth-order valence-electron chi connectivity index (χ4n) is 1.29. The molecular weight excluding hydrogens is 219 g/mol. The van der Waals surface area contributed by atoms with Gasteiger partial charge in [0.25, 0.3) is 0 Å². The number of aromatic amines is 1. The second kappa shape index (κ2) is 3.62. The van der Waals surface area contributed by atoms with Gasteiger partial charge < -0.3 is 0 Å². The molecule has 2 rings (SSSR count). The van der Waals surface area contributed by atoms with Gasteiger partial charge in [-0.3, -0.25) is 10.1 Å². The molecule has 84 valence electrons. The van der Waals surface area contributed by atoms with E-state index in [1.807, 2.05) is 0 Å². The number of nitrogens with zero attached hydrogens (tertiary/aromatic N) is 2. The molecular formula is C10H8F3N3. The van der Waals surface area contributed by atoms with Gasteiger partial charge in [0.1, 0.15) is 0 Å². The SMILES string of the molecule is Cc1cccc(-c2cc(C(F)(F)F)n[nH]2)n1. The first-order valence-electron chi connectivity index (χ1n) is 4.53. The van der Waals surface area contributed by atoms with E-state index < -0.39 is 11.9 Å². The van der Waals surface area contributed by atoms with Crippen LogP contribution >= 0.6 is 0 Å². The van der Waals surface area contributed by atoms with Crippen molar-refractivity contribution in [2.45, 2.75) is 13.1 Å². The minimum Gasteiger partial charge on any atom is -0.276 e. The van der Waals surface area contributed by atoms with Crippen LogP contribution in [0.15, 0.2) is 24.3 Å². The number of pyridine rings is 1. The summed E-state index contributed by atoms with van der Waals surface area (Å²) in [6.07, 6.45) is -4.43. The van der Waals surface area contributed by atoms with Gasteiger partial charge in [0, 0.05) is 5.69 Å². The van der Waals surface area contributed by atoms with Crippen LogP contribution in [0, 0.1) is 6.92 Å². The van der Waals surface area contributed by atoms with Crippen molar-refractivity contribution >= 4 is 0 Å². The molecule has 0 saturated heterocycles. The van der Waals surface area contributed by atoms with Crippen LogP contribution in [-0.4, -0.2) is 15.2 Å². The zero-order valence-electron chi connectivity index (χ0n) is 8.34. The lowest BCUT2D eigenvalue weighted by molar-refractivity contribution is -0.141. The van der Waals surface area contributed by atoms with Gasteiger partial charge in [0.05, 0.1) is 11.4 Å². The first-order valence-corrected chi connectivity index (χ1v) is 4.53. The molecule has 2 heterocycles. The molecule has 0 amide bonds. The van der Waals surface area contributed by atoms with Crippen LogP contribution in [0.3, 0.4) is 0 Å². The van der Waals surface area contributed by atoms with Crippen molar-refractivity contribution in [2.24, 2.45) is 0 Å². The molecule has 0 spiro atoms. The molecule has 2 aromatic heterocycles. The van der Waals surface area contributed by atoms with Gasteiger partial charge >= 0.3 is 6.18 Å². The summed E-state index contributed by atoms with van der Waals surface area (Å²) < 4.78 is 36.9. The Balaban J connectivity index is 2.39. The largest absolute Gasteiger partial charge is 0.435 e. The minimum atomic E-state index is -4.43. The molecule has 0 bridgehead atoms. The predicted octanol–water partition coefficient (Wildman–Crippen LogP) is 2.80. The molecule has 0 unspecified atom stereocenters. The number of H-pyrrole nitrogens is 1. The number of aromatic nitrogens is 3. The van der Waals surface area contributed by atoms with Gasteiger partial charge in [0.2, 0.25) is 0 Å². The third kappa shape index (κ3) is 2.05. The fraction of sp³-hybridized carbons (Fsp3) is 0.200. The normalized spacial score (nSPS) is 11.8. The molecule has 6 heteroatoms. The van der Waals surface area contributed by atoms with Crippen LogP contribution in [0.4, 0.5) is 13.2 Å². The monoisotopic (exact) mass is 227 g/mol. The molecule has 16 heavy (non-hydrogen) atoms. The number of alkyl halides is 3. The Hall–Kier alpha value is -1.85. The van der Waals surface area contributed by atoms with Crippen molar-refractivity contribution in [3.8, 4) is 11.4 Å². The van der Waals surface area contributed by atoms with E-state index in [1.165, 1.54) is 0 Å². The van der Waals surface area contributed by atoms with Crippen LogP contribution in [0.25, 0.3) is 11.4 Å². The van der Waals surface area contributed by atoms with Crippen molar-refractivity contribution < 1.29 is 13.2 Å². The number of nitrogens with one attached hydrogen (secondary N) is 1. The van der Waals surface area contributed by atoms with Crippen molar-refractivity contribution in [1.82, 2.24) is 15.2 Å². The summed E-state index contributed by atoms with van der Waals surface area (Å²) in [6.45, 7) is 1.77. The van der Waals surface area contributed by atoms with Crippen LogP contribution in [0.5, 0.6) is 0 Å². The average Bonchev–Trinajstić information content (AvgIpc) is 2.65. The summed E-state index contributed by atoms with van der Waals surface area (Å²) in [5.74, 6) is 0. The summed E-state index contributed by atoms with van der Waals surface area (Å²) in [6, 6.07) is 6.07. The lowest BCUT2D eigenvalue weighted by Gasteiger charge is -1.99. The molecule has 0 aliphatic heterocycles. The van der Waals surface area contributed by atoms with E-state index in [9.17, 15) is 13.2 Å². The Morgan fingerprint density at radius 2 is 2.00 bits per heavy atom. The van der Waals surface area contributed by atoms with Gasteiger partial charge in [-0.2, -0.15) is 18.3 Å². The van der Waals surface area contributed by atoms with E-state index >= 15 is 0 Å². The van der Waals surface area contributed by atoms with Crippen molar-refractivity contribution in [3.63, 3.8) is 0 Å². The van der Waals surface area contributed by atoms with Crippen LogP contribution in [0.1, 0.15) is 11.4 Å². The zero-order valence-corrected chi connectivity index (χ0v) is 8.34. The fourth-order valence-corrected chi connectivity index (χ4v) is 1.29. The summed E-state index contributed by atoms with van der Waals surface area (Å²) in [5, 5.41) is 5.53. The van der Waals surface area contributed by atoms with Crippen molar-refractivity contribution in [2.75, 3.05) is 0 Å². The lowest BCUT2D eigenvalue weighted by Crippen LogP contribution is -2.04. The standard InChI is InChI=1S/C10H8F3N3/c1-6-3-2-4-7(14-6)8-5-9(16-15-8)10(11,12)13/h2-5H,1H3,(H,15,16). The van der Waals surface area contributed by atoms with Gasteiger partial charge in [-0.15, -0.1) is 0 Å². The third-order valence-corrected chi connectivity index (χ3v) is 2.03. The zero-order chi connectivity index (χ0) is 11.8. The molecule has 0 aromatic carbocycles. The molecule has 3 nitrogen and oxygen atoms in total. The van der Waals surface area contributed by atoms with Crippen LogP contribution in [0.2, 0.25) is 0 Å². The maximum absolute atomic E-state index is 12.3. The van der Waals surface area contributed by atoms with Crippen molar-refractivity contribution in [3.05, 3.63) is 35.7 Å². The highest BCUT2D eigenvalue weighted by Gasteiger charge is 2.34. The Bertz CT molecular complexity index is 502. The average molecular weight is 227 g/mol. The topological polar surface area (TPSA) is 41.6 Å². The number of hydrogen-bond donors (Lipinski definition) is 1. The Kier molecular flexibility index (Phi) is 2.41. The summed E-state index contributed by atoms with van der Waals surface area (Å²) in [4.78, 5) is 4.10. The number of hydrogen-bond acceptors (Lipinski definition) is 2. The molecule has 0 radical (unpaired) electrons. The maximum Gasteiger partial charge on any atom is 0.435 e. The smallest absolute Gasteiger partial charge is 0.276 e. The molecule has 1 N–H and O–H groups in total. The molecule has 0 fully saturated rings. The number of rotatable bonds is 1. The van der Waals surface area contributed by atoms with Crippen molar-refractivity contribution in [1.29, 1.82) is 0 Å². The minimum absolute atomic E-state index is 0.260.